The molecule has 0 spiro atoms. The van der Waals surface area contributed by atoms with Crippen molar-refractivity contribution in [3.8, 4) is 17.2 Å². The molecule has 0 radical (unpaired) electrons. The van der Waals surface area contributed by atoms with Gasteiger partial charge in [-0.1, -0.05) is 18.2 Å². The maximum Gasteiger partial charge on any atom is 0.408 e. The molecular weight excluding hydrogens is 385 g/mol. The monoisotopic (exact) mass is 409 g/mol. The van der Waals surface area contributed by atoms with E-state index in [1.165, 1.54) is 6.07 Å². The average Bonchev–Trinajstić information content (AvgIpc) is 2.94. The largest absolute Gasteiger partial charge is 0.444 e. The molecule has 1 heterocycles. The summed E-state index contributed by atoms with van der Waals surface area (Å²) in [7, 11) is 1.74. The maximum absolute atomic E-state index is 14.7. The Bertz CT molecular complexity index is 1040. The third-order valence-corrected chi connectivity index (χ3v) is 4.75. The molecule has 0 unspecified atom stereocenters. The Balaban J connectivity index is 1.74. The van der Waals surface area contributed by atoms with E-state index in [-0.39, 0.29) is 12.3 Å². The Morgan fingerprint density at radius 1 is 1.27 bits per heavy atom. The molecule has 0 aliphatic carbocycles. The van der Waals surface area contributed by atoms with E-state index in [9.17, 15) is 19.2 Å². The second-order valence-electron chi connectivity index (χ2n) is 8.37. The summed E-state index contributed by atoms with van der Waals surface area (Å²) >= 11 is 0. The first-order valence-corrected chi connectivity index (χ1v) is 9.63. The van der Waals surface area contributed by atoms with Gasteiger partial charge in [-0.3, -0.25) is 4.79 Å². The SMILES string of the molecule is CN1Cc2cc(-c3ccc(C[C@@H](C#N)NC(=O)OC(C)(C)C)c(F)c3)ccc2C1=O. The number of nitrogens with zero attached hydrogens (tertiary/aromatic N) is 2. The first kappa shape index (κ1) is 21.3. The van der Waals surface area contributed by atoms with Gasteiger partial charge in [-0.15, -0.1) is 0 Å². The molecule has 0 saturated heterocycles. The number of fused-ring (bicyclic) bond motifs is 1. The molecule has 0 saturated carbocycles. The van der Waals surface area contributed by atoms with Gasteiger partial charge in [0, 0.05) is 25.6 Å². The van der Waals surface area contributed by atoms with Crippen LogP contribution in [0.1, 0.15) is 42.3 Å². The highest BCUT2D eigenvalue weighted by Crippen LogP contribution is 2.29. The van der Waals surface area contributed by atoms with Crippen LogP contribution in [0.3, 0.4) is 0 Å². The molecule has 1 aliphatic heterocycles. The second kappa shape index (κ2) is 8.15. The van der Waals surface area contributed by atoms with Gasteiger partial charge in [0.2, 0.25) is 0 Å². The van der Waals surface area contributed by atoms with E-state index >= 15 is 0 Å². The Hall–Kier alpha value is -3.40. The van der Waals surface area contributed by atoms with Crippen LogP contribution >= 0.6 is 0 Å². The number of hydrogen-bond acceptors (Lipinski definition) is 4. The molecule has 6 nitrogen and oxygen atoms in total. The lowest BCUT2D eigenvalue weighted by molar-refractivity contribution is 0.0515. The number of ether oxygens (including phenoxy) is 1. The molecule has 0 aromatic heterocycles. The number of carbonyl (C=O) groups excluding carboxylic acids is 2. The molecule has 0 bridgehead atoms. The van der Waals surface area contributed by atoms with E-state index in [1.807, 2.05) is 12.1 Å². The Kier molecular flexibility index (Phi) is 5.79. The van der Waals surface area contributed by atoms with Crippen LogP contribution in [0.25, 0.3) is 11.1 Å². The summed E-state index contributed by atoms with van der Waals surface area (Å²) in [5.41, 5.74) is 2.70. The van der Waals surface area contributed by atoms with Gasteiger partial charge in [0.15, 0.2) is 0 Å². The van der Waals surface area contributed by atoms with Crippen LogP contribution in [0.2, 0.25) is 0 Å². The third-order valence-electron chi connectivity index (χ3n) is 4.75. The van der Waals surface area contributed by atoms with Crippen LogP contribution in [0.15, 0.2) is 36.4 Å². The molecule has 2 amide bonds. The Morgan fingerprint density at radius 2 is 1.93 bits per heavy atom. The fourth-order valence-electron chi connectivity index (χ4n) is 3.34. The van der Waals surface area contributed by atoms with Gasteiger partial charge >= 0.3 is 6.09 Å². The normalized spacial score (nSPS) is 14.1. The molecule has 30 heavy (non-hydrogen) atoms. The van der Waals surface area contributed by atoms with Gasteiger partial charge in [-0.2, -0.15) is 5.26 Å². The van der Waals surface area contributed by atoms with E-state index < -0.39 is 23.6 Å². The second-order valence-corrected chi connectivity index (χ2v) is 8.37. The van der Waals surface area contributed by atoms with E-state index in [2.05, 4.69) is 5.32 Å². The van der Waals surface area contributed by atoms with Crippen molar-refractivity contribution >= 4 is 12.0 Å². The van der Waals surface area contributed by atoms with Gasteiger partial charge in [0.25, 0.3) is 5.91 Å². The standard InChI is InChI=1S/C23H24FN3O3/c1-23(2,3)30-22(29)26-18(12-25)10-16-6-5-15(11-20(16)24)14-7-8-19-17(9-14)13-27(4)21(19)28/h5-9,11,18H,10,13H2,1-4H3,(H,26,29)/t18-/m0/s1. The van der Waals surface area contributed by atoms with Crippen molar-refractivity contribution in [3.05, 3.63) is 58.9 Å². The van der Waals surface area contributed by atoms with Crippen molar-refractivity contribution in [2.24, 2.45) is 0 Å². The first-order chi connectivity index (χ1) is 14.1. The summed E-state index contributed by atoms with van der Waals surface area (Å²) in [4.78, 5) is 25.5. The third kappa shape index (κ3) is 4.77. The van der Waals surface area contributed by atoms with Crippen LogP contribution in [0.5, 0.6) is 0 Å². The van der Waals surface area contributed by atoms with E-state index in [4.69, 9.17) is 4.74 Å². The van der Waals surface area contributed by atoms with E-state index in [0.29, 0.717) is 23.2 Å². The van der Waals surface area contributed by atoms with Crippen LogP contribution in [0, 0.1) is 17.1 Å². The average molecular weight is 409 g/mol. The van der Waals surface area contributed by atoms with Gasteiger partial charge in [-0.05, 0) is 61.2 Å². The van der Waals surface area contributed by atoms with Gasteiger partial charge in [-0.25, -0.2) is 9.18 Å². The van der Waals surface area contributed by atoms with Crippen molar-refractivity contribution in [1.29, 1.82) is 5.26 Å². The lowest BCUT2D eigenvalue weighted by atomic mass is 9.97. The smallest absolute Gasteiger partial charge is 0.408 e. The minimum atomic E-state index is -0.915. The Morgan fingerprint density at radius 3 is 2.57 bits per heavy atom. The van der Waals surface area contributed by atoms with Crippen molar-refractivity contribution < 1.29 is 18.7 Å². The molecule has 0 fully saturated rings. The molecular formula is C23H24FN3O3. The molecule has 2 aromatic rings. The molecule has 7 heteroatoms. The van der Waals surface area contributed by atoms with Gasteiger partial charge < -0.3 is 15.0 Å². The molecule has 1 aliphatic rings. The summed E-state index contributed by atoms with van der Waals surface area (Å²) < 4.78 is 19.9. The summed E-state index contributed by atoms with van der Waals surface area (Å²) in [6.45, 7) is 5.69. The van der Waals surface area contributed by atoms with E-state index in [0.717, 1.165) is 11.1 Å². The molecule has 2 aromatic carbocycles. The predicted octanol–water partition coefficient (Wildman–Crippen LogP) is 4.04. The minimum Gasteiger partial charge on any atom is -0.444 e. The number of carbonyl (C=O) groups is 2. The lowest BCUT2D eigenvalue weighted by Crippen LogP contribution is -2.39. The van der Waals surface area contributed by atoms with Crippen LogP contribution < -0.4 is 5.32 Å². The number of rotatable bonds is 4. The van der Waals surface area contributed by atoms with Crippen LogP contribution in [0.4, 0.5) is 9.18 Å². The minimum absolute atomic E-state index is 0.0156. The summed E-state index contributed by atoms with van der Waals surface area (Å²) in [5.74, 6) is -0.481. The van der Waals surface area contributed by atoms with Gasteiger partial charge in [0.1, 0.15) is 17.5 Å². The number of nitriles is 1. The van der Waals surface area contributed by atoms with Crippen molar-refractivity contribution in [2.75, 3.05) is 7.05 Å². The summed E-state index contributed by atoms with van der Waals surface area (Å²) in [6.07, 6.45) is -0.700. The number of nitrogens with one attached hydrogen (secondary N) is 1. The summed E-state index contributed by atoms with van der Waals surface area (Å²) in [5, 5.41) is 11.8. The summed E-state index contributed by atoms with van der Waals surface area (Å²) in [6, 6.07) is 11.3. The van der Waals surface area contributed by atoms with Crippen molar-refractivity contribution in [1.82, 2.24) is 10.2 Å². The zero-order chi connectivity index (χ0) is 22.1. The quantitative estimate of drug-likeness (QED) is 0.826. The highest BCUT2D eigenvalue weighted by Gasteiger charge is 2.24. The number of hydrogen-bond donors (Lipinski definition) is 1. The first-order valence-electron chi connectivity index (χ1n) is 9.63. The maximum atomic E-state index is 14.7. The topological polar surface area (TPSA) is 82.4 Å². The fraction of sp³-hybridized carbons (Fsp3) is 0.348. The molecule has 156 valence electrons. The van der Waals surface area contributed by atoms with Crippen molar-refractivity contribution in [2.45, 2.75) is 45.4 Å². The highest BCUT2D eigenvalue weighted by atomic mass is 19.1. The number of benzene rings is 2. The zero-order valence-electron chi connectivity index (χ0n) is 17.5. The lowest BCUT2D eigenvalue weighted by Gasteiger charge is -2.21. The zero-order valence-corrected chi connectivity index (χ0v) is 17.5. The van der Waals surface area contributed by atoms with Crippen LogP contribution in [-0.4, -0.2) is 35.6 Å². The predicted molar refractivity (Wildman–Crippen MR) is 110 cm³/mol. The number of amides is 2. The van der Waals surface area contributed by atoms with Crippen molar-refractivity contribution in [3.63, 3.8) is 0 Å². The molecule has 1 N–H and O–H groups in total. The highest BCUT2D eigenvalue weighted by molar-refractivity contribution is 5.98. The van der Waals surface area contributed by atoms with Gasteiger partial charge in [0.05, 0.1) is 6.07 Å². The fourth-order valence-corrected chi connectivity index (χ4v) is 3.34. The van der Waals surface area contributed by atoms with Crippen LogP contribution in [-0.2, 0) is 17.7 Å². The Labute approximate surface area is 175 Å². The number of halogens is 1. The number of alkyl carbamates (subject to hydrolysis) is 1. The molecule has 1 atom stereocenters. The van der Waals surface area contributed by atoms with E-state index in [1.54, 1.807) is 57.0 Å². The molecule has 3 rings (SSSR count).